The number of piperidine rings is 1. The standard InChI is InChI=1S/C33H33F5N2O6/c34-26-25(27(35)29(37)30(38)28(26)36)31(42)39-16-19-1-7-22(8-2-19)32-45-23(15-24(46-32)21-5-3-20(18-41)4-6-21)17-40-11-9-33(10-12-40)43-13-14-44-33/h1-8,23-24,32,41H,9-18H2,(H,39,42). The van der Waals surface area contributed by atoms with Gasteiger partial charge in [0.15, 0.2) is 35.3 Å². The number of carbonyl (C=O) groups is 1. The van der Waals surface area contributed by atoms with Crippen molar-refractivity contribution in [1.82, 2.24) is 10.2 Å². The van der Waals surface area contributed by atoms with E-state index >= 15 is 0 Å². The third kappa shape index (κ3) is 6.80. The summed E-state index contributed by atoms with van der Waals surface area (Å²) in [6.07, 6.45) is 0.930. The molecular weight excluding hydrogens is 615 g/mol. The topological polar surface area (TPSA) is 89.5 Å². The van der Waals surface area contributed by atoms with Crippen molar-refractivity contribution >= 4 is 5.91 Å². The molecule has 0 aliphatic carbocycles. The van der Waals surface area contributed by atoms with E-state index in [1.165, 1.54) is 0 Å². The second-order valence-electron chi connectivity index (χ2n) is 11.6. The Hall–Kier alpha value is -3.46. The van der Waals surface area contributed by atoms with Crippen molar-refractivity contribution in [1.29, 1.82) is 0 Å². The summed E-state index contributed by atoms with van der Waals surface area (Å²) in [5.74, 6) is -13.0. The maximum Gasteiger partial charge on any atom is 0.257 e. The molecule has 1 spiro atoms. The summed E-state index contributed by atoms with van der Waals surface area (Å²) < 4.78 is 93.1. The predicted octanol–water partition coefficient (Wildman–Crippen LogP) is 5.19. The number of carbonyl (C=O) groups excluding carboxylic acids is 1. The summed E-state index contributed by atoms with van der Waals surface area (Å²) in [5, 5.41) is 11.7. The molecule has 0 radical (unpaired) electrons. The minimum atomic E-state index is -2.33. The highest BCUT2D eigenvalue weighted by Crippen LogP contribution is 2.39. The Kier molecular flexibility index (Phi) is 9.69. The maximum absolute atomic E-state index is 14.0. The molecule has 3 fully saturated rings. The normalized spacial score (nSPS) is 23.1. The Morgan fingerprint density at radius 2 is 1.37 bits per heavy atom. The number of halogens is 5. The van der Waals surface area contributed by atoms with Gasteiger partial charge in [0.05, 0.1) is 32.0 Å². The van der Waals surface area contributed by atoms with E-state index in [4.69, 9.17) is 18.9 Å². The number of aliphatic hydroxyl groups excluding tert-OH is 1. The molecule has 6 rings (SSSR count). The van der Waals surface area contributed by atoms with Crippen LogP contribution in [0, 0.1) is 29.1 Å². The van der Waals surface area contributed by atoms with Crippen LogP contribution >= 0.6 is 0 Å². The van der Waals surface area contributed by atoms with Crippen molar-refractivity contribution in [3.63, 3.8) is 0 Å². The highest BCUT2D eigenvalue weighted by molar-refractivity contribution is 5.94. The SMILES string of the molecule is O=C(NCc1ccc(C2OC(CN3CCC4(CC3)OCCO4)CC(c3ccc(CO)cc3)O2)cc1)c1c(F)c(F)c(F)c(F)c1F. The average molecular weight is 649 g/mol. The van der Waals surface area contributed by atoms with Crippen molar-refractivity contribution in [2.45, 2.75) is 56.7 Å². The van der Waals surface area contributed by atoms with Crippen molar-refractivity contribution < 1.29 is 50.8 Å². The van der Waals surface area contributed by atoms with Crippen molar-refractivity contribution in [2.75, 3.05) is 32.8 Å². The zero-order valence-corrected chi connectivity index (χ0v) is 24.7. The third-order valence-electron chi connectivity index (χ3n) is 8.65. The molecule has 0 aromatic heterocycles. The van der Waals surface area contributed by atoms with Gasteiger partial charge in [-0.15, -0.1) is 0 Å². The summed E-state index contributed by atoms with van der Waals surface area (Å²) in [7, 11) is 0. The molecule has 3 saturated heterocycles. The summed E-state index contributed by atoms with van der Waals surface area (Å²) >= 11 is 0. The third-order valence-corrected chi connectivity index (χ3v) is 8.65. The Balaban J connectivity index is 1.13. The van der Waals surface area contributed by atoms with Crippen molar-refractivity contribution in [2.24, 2.45) is 0 Å². The number of nitrogens with one attached hydrogen (secondary N) is 1. The first-order chi connectivity index (χ1) is 22.2. The molecule has 246 valence electrons. The number of benzene rings is 3. The minimum absolute atomic E-state index is 0.0710. The Labute approximate surface area is 262 Å². The van der Waals surface area contributed by atoms with Gasteiger partial charge >= 0.3 is 0 Å². The smallest absolute Gasteiger partial charge is 0.257 e. The van der Waals surface area contributed by atoms with Crippen LogP contribution in [0.2, 0.25) is 0 Å². The highest BCUT2D eigenvalue weighted by Gasteiger charge is 2.41. The summed E-state index contributed by atoms with van der Waals surface area (Å²) in [5.41, 5.74) is 1.36. The van der Waals surface area contributed by atoms with Crippen LogP contribution < -0.4 is 5.32 Å². The van der Waals surface area contributed by atoms with E-state index in [9.17, 15) is 31.9 Å². The molecule has 3 heterocycles. The monoisotopic (exact) mass is 648 g/mol. The average Bonchev–Trinajstić information content (AvgIpc) is 3.54. The molecule has 3 aliphatic rings. The molecule has 13 heteroatoms. The van der Waals surface area contributed by atoms with Crippen LogP contribution in [0.5, 0.6) is 0 Å². The van der Waals surface area contributed by atoms with Gasteiger partial charge < -0.3 is 34.3 Å². The Morgan fingerprint density at radius 3 is 1.98 bits per heavy atom. The van der Waals surface area contributed by atoms with Gasteiger partial charge in [-0.2, -0.15) is 0 Å². The maximum atomic E-state index is 14.0. The minimum Gasteiger partial charge on any atom is -0.392 e. The molecule has 0 saturated carbocycles. The highest BCUT2D eigenvalue weighted by atomic mass is 19.2. The van der Waals surface area contributed by atoms with E-state index in [0.29, 0.717) is 37.3 Å². The van der Waals surface area contributed by atoms with Crippen LogP contribution in [0.3, 0.4) is 0 Å². The lowest BCUT2D eigenvalue weighted by Crippen LogP contribution is -2.48. The summed E-state index contributed by atoms with van der Waals surface area (Å²) in [6, 6.07) is 14.3. The Bertz CT molecular complexity index is 1510. The predicted molar refractivity (Wildman–Crippen MR) is 153 cm³/mol. The molecule has 2 N–H and O–H groups in total. The van der Waals surface area contributed by atoms with Gasteiger partial charge in [0.25, 0.3) is 5.91 Å². The molecule has 3 aromatic rings. The van der Waals surface area contributed by atoms with Crippen LogP contribution in [-0.2, 0) is 32.1 Å². The largest absolute Gasteiger partial charge is 0.392 e. The fraction of sp³-hybridized carbons (Fsp3) is 0.424. The second kappa shape index (κ2) is 13.7. The van der Waals surface area contributed by atoms with Crippen LogP contribution in [0.1, 0.15) is 64.3 Å². The number of rotatable bonds is 8. The van der Waals surface area contributed by atoms with E-state index in [1.54, 1.807) is 24.3 Å². The summed E-state index contributed by atoms with van der Waals surface area (Å²) in [6.45, 7) is 3.17. The van der Waals surface area contributed by atoms with E-state index in [1.807, 2.05) is 24.3 Å². The zero-order valence-electron chi connectivity index (χ0n) is 24.7. The van der Waals surface area contributed by atoms with Gasteiger partial charge in [-0.1, -0.05) is 48.5 Å². The zero-order chi connectivity index (χ0) is 32.4. The molecule has 1 amide bonds. The lowest BCUT2D eigenvalue weighted by molar-refractivity contribution is -0.255. The number of amides is 1. The van der Waals surface area contributed by atoms with Gasteiger partial charge in [-0.3, -0.25) is 4.79 Å². The molecule has 46 heavy (non-hydrogen) atoms. The quantitative estimate of drug-likeness (QED) is 0.198. The lowest BCUT2D eigenvalue weighted by Gasteiger charge is -2.41. The van der Waals surface area contributed by atoms with Crippen LogP contribution in [0.4, 0.5) is 22.0 Å². The van der Waals surface area contributed by atoms with Gasteiger partial charge in [0.2, 0.25) is 5.82 Å². The second-order valence-corrected chi connectivity index (χ2v) is 11.6. The summed E-state index contributed by atoms with van der Waals surface area (Å²) in [4.78, 5) is 14.7. The first-order valence-electron chi connectivity index (χ1n) is 15.1. The van der Waals surface area contributed by atoms with Gasteiger partial charge in [0.1, 0.15) is 5.56 Å². The fourth-order valence-electron chi connectivity index (χ4n) is 6.05. The van der Waals surface area contributed by atoms with Crippen molar-refractivity contribution in [3.05, 3.63) is 105 Å². The number of hydrogen-bond donors (Lipinski definition) is 2. The van der Waals surface area contributed by atoms with Crippen LogP contribution in [-0.4, -0.2) is 60.7 Å². The number of ether oxygens (including phenoxy) is 4. The van der Waals surface area contributed by atoms with E-state index in [2.05, 4.69) is 10.2 Å². The number of likely N-dealkylation sites (tertiary alicyclic amines) is 1. The molecule has 3 atom stereocenters. The lowest BCUT2D eigenvalue weighted by atomic mass is 9.98. The molecular formula is C33H33F5N2O6. The molecule has 0 bridgehead atoms. The van der Waals surface area contributed by atoms with E-state index < -0.39 is 52.6 Å². The van der Waals surface area contributed by atoms with Crippen LogP contribution in [0.15, 0.2) is 48.5 Å². The van der Waals surface area contributed by atoms with Crippen molar-refractivity contribution in [3.8, 4) is 0 Å². The molecule has 8 nitrogen and oxygen atoms in total. The number of nitrogens with zero attached hydrogens (tertiary/aromatic N) is 1. The first kappa shape index (κ1) is 32.5. The number of aliphatic hydroxyl groups is 1. The van der Waals surface area contributed by atoms with Gasteiger partial charge in [-0.25, -0.2) is 22.0 Å². The van der Waals surface area contributed by atoms with E-state index in [-0.39, 0.29) is 25.4 Å². The fourth-order valence-corrected chi connectivity index (χ4v) is 6.05. The molecule has 3 aromatic carbocycles. The first-order valence-corrected chi connectivity index (χ1v) is 15.1. The van der Waals surface area contributed by atoms with Gasteiger partial charge in [0, 0.05) is 51.0 Å². The Morgan fingerprint density at radius 1 is 0.804 bits per heavy atom. The molecule has 3 aliphatic heterocycles. The number of hydrogen-bond acceptors (Lipinski definition) is 7. The van der Waals surface area contributed by atoms with Gasteiger partial charge in [-0.05, 0) is 16.7 Å². The molecule has 3 unspecified atom stereocenters. The van der Waals surface area contributed by atoms with E-state index in [0.717, 1.165) is 37.1 Å². The van der Waals surface area contributed by atoms with Crippen LogP contribution in [0.25, 0.3) is 0 Å².